The first kappa shape index (κ1) is 13.4. The first-order valence-corrected chi connectivity index (χ1v) is 5.79. The fourth-order valence-corrected chi connectivity index (χ4v) is 1.68. The summed E-state index contributed by atoms with van der Waals surface area (Å²) < 4.78 is 26.4. The van der Waals surface area contributed by atoms with Crippen LogP contribution in [0.15, 0.2) is 36.5 Å². The van der Waals surface area contributed by atoms with E-state index in [0.29, 0.717) is 0 Å². The summed E-state index contributed by atoms with van der Waals surface area (Å²) in [5, 5.41) is 2.71. The van der Waals surface area contributed by atoms with Crippen LogP contribution in [-0.4, -0.2) is 10.9 Å². The van der Waals surface area contributed by atoms with E-state index in [1.807, 2.05) is 0 Å². The quantitative estimate of drug-likeness (QED) is 0.939. The number of anilines is 1. The van der Waals surface area contributed by atoms with Gasteiger partial charge in [-0.2, -0.15) is 0 Å². The Balaban J connectivity index is 2.10. The molecule has 2 aromatic rings. The van der Waals surface area contributed by atoms with Crippen molar-refractivity contribution in [3.05, 3.63) is 58.7 Å². The van der Waals surface area contributed by atoms with E-state index in [2.05, 4.69) is 10.3 Å². The van der Waals surface area contributed by atoms with Crippen LogP contribution in [0.1, 0.15) is 5.56 Å². The number of nitrogens with zero attached hydrogens (tertiary/aromatic N) is 1. The number of rotatable bonds is 3. The number of pyridine rings is 1. The minimum atomic E-state index is -1.02. The lowest BCUT2D eigenvalue weighted by molar-refractivity contribution is -0.115. The van der Waals surface area contributed by atoms with Crippen LogP contribution >= 0.6 is 11.6 Å². The fourth-order valence-electron chi connectivity index (χ4n) is 1.51. The molecule has 0 aliphatic rings. The number of carbonyl (C=O) groups excluding carboxylic acids is 1. The van der Waals surface area contributed by atoms with E-state index in [-0.39, 0.29) is 22.8 Å². The lowest BCUT2D eigenvalue weighted by Crippen LogP contribution is -2.16. The summed E-state index contributed by atoms with van der Waals surface area (Å²) in [5.41, 5.74) is -0.0236. The largest absolute Gasteiger partial charge is 0.309 e. The van der Waals surface area contributed by atoms with Gasteiger partial charge in [0, 0.05) is 11.8 Å². The van der Waals surface area contributed by atoms with Crippen LogP contribution in [0.25, 0.3) is 0 Å². The van der Waals surface area contributed by atoms with Crippen LogP contribution in [0.2, 0.25) is 5.02 Å². The van der Waals surface area contributed by atoms with E-state index in [1.54, 1.807) is 12.1 Å². The lowest BCUT2D eigenvalue weighted by atomic mass is 10.1. The van der Waals surface area contributed by atoms with Crippen molar-refractivity contribution in [1.82, 2.24) is 4.98 Å². The summed E-state index contributed by atoms with van der Waals surface area (Å²) in [6.07, 6.45) is 1.17. The van der Waals surface area contributed by atoms with Gasteiger partial charge in [-0.15, -0.1) is 0 Å². The number of carbonyl (C=O) groups is 1. The minimum absolute atomic E-state index is 0.0236. The van der Waals surface area contributed by atoms with Gasteiger partial charge in [0.2, 0.25) is 5.91 Å². The van der Waals surface area contributed by atoms with Gasteiger partial charge in [0.1, 0.15) is 0 Å². The fraction of sp³-hybridized carbons (Fsp3) is 0.0769. The highest BCUT2D eigenvalue weighted by molar-refractivity contribution is 6.33. The maximum absolute atomic E-state index is 13.4. The Hall–Kier alpha value is -2.01. The van der Waals surface area contributed by atoms with Gasteiger partial charge >= 0.3 is 0 Å². The molecule has 0 aliphatic carbocycles. The third-order valence-electron chi connectivity index (χ3n) is 2.40. The molecule has 98 valence electrons. The van der Waals surface area contributed by atoms with Crippen LogP contribution in [0.4, 0.5) is 14.6 Å². The maximum atomic E-state index is 13.4. The molecule has 0 radical (unpaired) electrons. The Morgan fingerprint density at radius 2 is 2.05 bits per heavy atom. The highest BCUT2D eigenvalue weighted by atomic mass is 35.5. The first-order valence-electron chi connectivity index (χ1n) is 5.41. The van der Waals surface area contributed by atoms with E-state index in [1.165, 1.54) is 18.3 Å². The van der Waals surface area contributed by atoms with Crippen molar-refractivity contribution < 1.29 is 13.6 Å². The molecule has 6 heteroatoms. The number of hydrogen-bond donors (Lipinski definition) is 1. The summed E-state index contributed by atoms with van der Waals surface area (Å²) in [4.78, 5) is 15.6. The minimum Gasteiger partial charge on any atom is -0.309 e. The second kappa shape index (κ2) is 5.75. The normalized spacial score (nSPS) is 10.3. The van der Waals surface area contributed by atoms with Gasteiger partial charge in [-0.3, -0.25) is 4.79 Å². The maximum Gasteiger partial charge on any atom is 0.230 e. The Kier molecular flexibility index (Phi) is 4.06. The summed E-state index contributed by atoms with van der Waals surface area (Å²) in [7, 11) is 0. The summed E-state index contributed by atoms with van der Waals surface area (Å²) in [5.74, 6) is -2.35. The van der Waals surface area contributed by atoms with Crippen LogP contribution in [-0.2, 0) is 11.2 Å². The Morgan fingerprint density at radius 1 is 1.26 bits per heavy atom. The second-order valence-corrected chi connectivity index (χ2v) is 4.18. The Labute approximate surface area is 113 Å². The molecule has 0 spiro atoms. The van der Waals surface area contributed by atoms with E-state index < -0.39 is 17.5 Å². The van der Waals surface area contributed by atoms with Gasteiger partial charge in [-0.1, -0.05) is 23.7 Å². The number of halogens is 3. The predicted octanol–water partition coefficient (Wildman–Crippen LogP) is 3.19. The second-order valence-electron chi connectivity index (χ2n) is 3.77. The Bertz CT molecular complexity index is 619. The Morgan fingerprint density at radius 3 is 2.79 bits per heavy atom. The molecule has 1 N–H and O–H groups in total. The van der Waals surface area contributed by atoms with Crippen LogP contribution in [0.5, 0.6) is 0 Å². The third-order valence-corrected chi connectivity index (χ3v) is 2.70. The molecule has 3 nitrogen and oxygen atoms in total. The molecule has 19 heavy (non-hydrogen) atoms. The highest BCUT2D eigenvalue weighted by Crippen LogP contribution is 2.18. The molecule has 2 rings (SSSR count). The van der Waals surface area contributed by atoms with Crippen molar-refractivity contribution in [2.75, 3.05) is 5.32 Å². The zero-order valence-corrected chi connectivity index (χ0v) is 10.4. The van der Waals surface area contributed by atoms with E-state index in [4.69, 9.17) is 11.6 Å². The predicted molar refractivity (Wildman–Crippen MR) is 67.9 cm³/mol. The molecule has 0 bridgehead atoms. The number of amides is 1. The first-order chi connectivity index (χ1) is 9.08. The van der Waals surface area contributed by atoms with Crippen molar-refractivity contribution in [2.45, 2.75) is 6.42 Å². The monoisotopic (exact) mass is 282 g/mol. The van der Waals surface area contributed by atoms with Gasteiger partial charge in [0.25, 0.3) is 0 Å². The molecular weight excluding hydrogens is 274 g/mol. The zero-order chi connectivity index (χ0) is 13.8. The van der Waals surface area contributed by atoms with Crippen molar-refractivity contribution in [3.63, 3.8) is 0 Å². The van der Waals surface area contributed by atoms with Crippen LogP contribution < -0.4 is 5.32 Å². The van der Waals surface area contributed by atoms with Crippen molar-refractivity contribution in [1.29, 1.82) is 0 Å². The molecule has 0 aliphatic heterocycles. The van der Waals surface area contributed by atoms with Crippen molar-refractivity contribution >= 4 is 23.3 Å². The smallest absolute Gasteiger partial charge is 0.230 e. The number of aromatic nitrogens is 1. The standard InChI is InChI=1S/C13H9ClF2N2O/c14-9-4-2-6-17-13(9)18-11(19)7-8-3-1-5-10(15)12(8)16/h1-6H,7H2,(H,17,18,19). The number of benzene rings is 1. The molecule has 0 unspecified atom stereocenters. The number of hydrogen-bond acceptors (Lipinski definition) is 2. The summed E-state index contributed by atoms with van der Waals surface area (Å²) >= 11 is 5.82. The SMILES string of the molecule is O=C(Cc1cccc(F)c1F)Nc1ncccc1Cl. The van der Waals surface area contributed by atoms with Crippen LogP contribution in [0, 0.1) is 11.6 Å². The van der Waals surface area contributed by atoms with Crippen LogP contribution in [0.3, 0.4) is 0 Å². The van der Waals surface area contributed by atoms with E-state index in [9.17, 15) is 13.6 Å². The van der Waals surface area contributed by atoms with Crippen molar-refractivity contribution in [2.24, 2.45) is 0 Å². The summed E-state index contributed by atoms with van der Waals surface area (Å²) in [6, 6.07) is 6.86. The highest BCUT2D eigenvalue weighted by Gasteiger charge is 2.13. The summed E-state index contributed by atoms with van der Waals surface area (Å²) in [6.45, 7) is 0. The van der Waals surface area contributed by atoms with Gasteiger partial charge in [0.15, 0.2) is 17.5 Å². The van der Waals surface area contributed by atoms with Gasteiger partial charge in [0.05, 0.1) is 11.4 Å². The molecule has 0 fully saturated rings. The molecule has 1 aromatic heterocycles. The molecule has 0 saturated carbocycles. The molecule has 1 amide bonds. The van der Waals surface area contributed by atoms with E-state index >= 15 is 0 Å². The number of nitrogens with one attached hydrogen (secondary N) is 1. The van der Waals surface area contributed by atoms with Gasteiger partial charge in [-0.25, -0.2) is 13.8 Å². The third kappa shape index (κ3) is 3.26. The average molecular weight is 283 g/mol. The molecular formula is C13H9ClF2N2O. The van der Waals surface area contributed by atoms with Gasteiger partial charge < -0.3 is 5.32 Å². The average Bonchev–Trinajstić information content (AvgIpc) is 2.38. The lowest BCUT2D eigenvalue weighted by Gasteiger charge is -2.06. The van der Waals surface area contributed by atoms with Crippen molar-refractivity contribution in [3.8, 4) is 0 Å². The topological polar surface area (TPSA) is 42.0 Å². The van der Waals surface area contributed by atoms with E-state index in [0.717, 1.165) is 6.07 Å². The zero-order valence-electron chi connectivity index (χ0n) is 9.66. The molecule has 1 heterocycles. The van der Waals surface area contributed by atoms with Gasteiger partial charge in [-0.05, 0) is 18.2 Å². The molecule has 0 saturated heterocycles. The molecule has 0 atom stereocenters. The molecule has 1 aromatic carbocycles.